The van der Waals surface area contributed by atoms with E-state index in [-0.39, 0.29) is 12.0 Å². The summed E-state index contributed by atoms with van der Waals surface area (Å²) in [7, 11) is 0. The second-order valence-electron chi connectivity index (χ2n) is 4.75. The zero-order valence-corrected chi connectivity index (χ0v) is 13.1. The second-order valence-corrected chi connectivity index (χ2v) is 6.93. The lowest BCUT2D eigenvalue weighted by atomic mass is 10.2. The molecular weight excluding hydrogens is 304 g/mol. The van der Waals surface area contributed by atoms with Gasteiger partial charge in [0.2, 0.25) is 5.88 Å². The Morgan fingerprint density at radius 2 is 2.43 bits per heavy atom. The summed E-state index contributed by atoms with van der Waals surface area (Å²) >= 11 is 3.52. The molecule has 1 aliphatic rings. The van der Waals surface area contributed by atoms with Crippen molar-refractivity contribution < 1.29 is 9.53 Å². The van der Waals surface area contributed by atoms with Crippen molar-refractivity contribution >= 4 is 29.0 Å². The molecule has 1 saturated heterocycles. The first kappa shape index (κ1) is 14.4. The zero-order chi connectivity index (χ0) is 14.5. The highest BCUT2D eigenvalue weighted by Gasteiger charge is 2.18. The Morgan fingerprint density at radius 1 is 1.48 bits per heavy atom. The SMILES string of the molecule is O=C(NCc1cccs1)c1ccnc(OC2CCSC2)c1. The van der Waals surface area contributed by atoms with Crippen LogP contribution in [-0.4, -0.2) is 28.5 Å². The molecule has 0 saturated carbocycles. The molecule has 110 valence electrons. The molecule has 0 aliphatic carbocycles. The minimum absolute atomic E-state index is 0.101. The highest BCUT2D eigenvalue weighted by atomic mass is 32.2. The van der Waals surface area contributed by atoms with Crippen LogP contribution in [0.15, 0.2) is 35.8 Å². The number of pyridine rings is 1. The number of aromatic nitrogens is 1. The van der Waals surface area contributed by atoms with Crippen LogP contribution in [0, 0.1) is 0 Å². The maximum absolute atomic E-state index is 12.1. The summed E-state index contributed by atoms with van der Waals surface area (Å²) in [6, 6.07) is 7.40. The van der Waals surface area contributed by atoms with E-state index in [9.17, 15) is 4.79 Å². The molecule has 6 heteroatoms. The van der Waals surface area contributed by atoms with Crippen molar-refractivity contribution in [3.63, 3.8) is 0 Å². The summed E-state index contributed by atoms with van der Waals surface area (Å²) in [6.07, 6.45) is 2.88. The Morgan fingerprint density at radius 3 is 3.19 bits per heavy atom. The number of thioether (sulfide) groups is 1. The summed E-state index contributed by atoms with van der Waals surface area (Å²) < 4.78 is 5.81. The van der Waals surface area contributed by atoms with Gasteiger partial charge in [-0.1, -0.05) is 6.07 Å². The lowest BCUT2D eigenvalue weighted by Crippen LogP contribution is -2.22. The normalized spacial score (nSPS) is 17.6. The number of rotatable bonds is 5. The van der Waals surface area contributed by atoms with Gasteiger partial charge >= 0.3 is 0 Å². The monoisotopic (exact) mass is 320 g/mol. The molecule has 1 atom stereocenters. The van der Waals surface area contributed by atoms with Crippen LogP contribution < -0.4 is 10.1 Å². The van der Waals surface area contributed by atoms with E-state index >= 15 is 0 Å². The number of carbonyl (C=O) groups excluding carboxylic acids is 1. The fourth-order valence-electron chi connectivity index (χ4n) is 2.07. The maximum atomic E-state index is 12.1. The van der Waals surface area contributed by atoms with E-state index in [1.807, 2.05) is 29.3 Å². The third-order valence-corrected chi connectivity index (χ3v) is 5.18. The van der Waals surface area contributed by atoms with Gasteiger partial charge < -0.3 is 10.1 Å². The number of thiophene rings is 1. The number of nitrogens with one attached hydrogen (secondary N) is 1. The Hall–Kier alpha value is -1.53. The summed E-state index contributed by atoms with van der Waals surface area (Å²) in [5.41, 5.74) is 0.585. The highest BCUT2D eigenvalue weighted by Crippen LogP contribution is 2.22. The molecule has 1 unspecified atom stereocenters. The van der Waals surface area contributed by atoms with E-state index in [4.69, 9.17) is 4.74 Å². The molecule has 0 bridgehead atoms. The fourth-order valence-corrected chi connectivity index (χ4v) is 3.81. The number of hydrogen-bond acceptors (Lipinski definition) is 5. The van der Waals surface area contributed by atoms with Crippen molar-refractivity contribution in [3.8, 4) is 5.88 Å². The summed E-state index contributed by atoms with van der Waals surface area (Å²) in [5.74, 6) is 2.56. The van der Waals surface area contributed by atoms with Crippen LogP contribution in [-0.2, 0) is 6.54 Å². The molecule has 0 aromatic carbocycles. The quantitative estimate of drug-likeness (QED) is 0.920. The maximum Gasteiger partial charge on any atom is 0.251 e. The van der Waals surface area contributed by atoms with Crippen LogP contribution in [0.25, 0.3) is 0 Å². The summed E-state index contributed by atoms with van der Waals surface area (Å²) in [6.45, 7) is 0.550. The van der Waals surface area contributed by atoms with E-state index < -0.39 is 0 Å². The number of carbonyl (C=O) groups is 1. The molecule has 1 N–H and O–H groups in total. The van der Waals surface area contributed by atoms with Gasteiger partial charge in [-0.05, 0) is 29.7 Å². The number of amides is 1. The van der Waals surface area contributed by atoms with Gasteiger partial charge in [0, 0.05) is 28.5 Å². The average molecular weight is 320 g/mol. The third-order valence-electron chi connectivity index (χ3n) is 3.18. The molecular formula is C15H16N2O2S2. The van der Waals surface area contributed by atoms with Crippen LogP contribution in [0.5, 0.6) is 5.88 Å². The minimum Gasteiger partial charge on any atom is -0.473 e. The molecule has 1 aliphatic heterocycles. The van der Waals surface area contributed by atoms with Crippen LogP contribution in [0.3, 0.4) is 0 Å². The summed E-state index contributed by atoms with van der Waals surface area (Å²) in [5, 5.41) is 4.91. The van der Waals surface area contributed by atoms with Gasteiger partial charge in [-0.15, -0.1) is 11.3 Å². The number of nitrogens with zero attached hydrogens (tertiary/aromatic N) is 1. The predicted octanol–water partition coefficient (Wildman–Crippen LogP) is 2.96. The molecule has 2 aromatic rings. The van der Waals surface area contributed by atoms with Crippen LogP contribution >= 0.6 is 23.1 Å². The molecule has 2 aromatic heterocycles. The van der Waals surface area contributed by atoms with Crippen molar-refractivity contribution in [2.24, 2.45) is 0 Å². The molecule has 4 nitrogen and oxygen atoms in total. The van der Waals surface area contributed by atoms with E-state index in [0.29, 0.717) is 18.0 Å². The van der Waals surface area contributed by atoms with Crippen molar-refractivity contribution in [1.29, 1.82) is 0 Å². The van der Waals surface area contributed by atoms with Gasteiger partial charge in [0.15, 0.2) is 0 Å². The van der Waals surface area contributed by atoms with Gasteiger partial charge in [0.1, 0.15) is 6.10 Å². The molecule has 0 spiro atoms. The van der Waals surface area contributed by atoms with Crippen LogP contribution in [0.4, 0.5) is 0 Å². The first-order chi connectivity index (χ1) is 10.3. The van der Waals surface area contributed by atoms with Crippen LogP contribution in [0.1, 0.15) is 21.7 Å². The molecule has 0 radical (unpaired) electrons. The Balaban J connectivity index is 1.60. The van der Waals surface area contributed by atoms with Gasteiger partial charge in [0.25, 0.3) is 5.91 Å². The lowest BCUT2D eigenvalue weighted by Gasteiger charge is -2.12. The number of ether oxygens (including phenoxy) is 1. The lowest BCUT2D eigenvalue weighted by molar-refractivity contribution is 0.0950. The topological polar surface area (TPSA) is 51.2 Å². The predicted molar refractivity (Wildman–Crippen MR) is 86.1 cm³/mol. The van der Waals surface area contributed by atoms with E-state index in [0.717, 1.165) is 22.8 Å². The first-order valence-electron chi connectivity index (χ1n) is 6.82. The van der Waals surface area contributed by atoms with Gasteiger partial charge in [-0.25, -0.2) is 4.98 Å². The zero-order valence-electron chi connectivity index (χ0n) is 11.5. The fraction of sp³-hybridized carbons (Fsp3) is 0.333. The highest BCUT2D eigenvalue weighted by molar-refractivity contribution is 7.99. The first-order valence-corrected chi connectivity index (χ1v) is 8.86. The Kier molecular flexibility index (Phi) is 4.77. The van der Waals surface area contributed by atoms with E-state index in [2.05, 4.69) is 10.3 Å². The van der Waals surface area contributed by atoms with E-state index in [1.165, 1.54) is 0 Å². The van der Waals surface area contributed by atoms with Crippen molar-refractivity contribution in [2.45, 2.75) is 19.1 Å². The Bertz CT molecular complexity index is 595. The van der Waals surface area contributed by atoms with Gasteiger partial charge in [-0.2, -0.15) is 11.8 Å². The molecule has 21 heavy (non-hydrogen) atoms. The van der Waals surface area contributed by atoms with Crippen molar-refractivity contribution in [2.75, 3.05) is 11.5 Å². The van der Waals surface area contributed by atoms with Crippen molar-refractivity contribution in [1.82, 2.24) is 10.3 Å². The summed E-state index contributed by atoms with van der Waals surface area (Å²) in [4.78, 5) is 17.5. The Labute approximate surface area is 131 Å². The molecule has 1 amide bonds. The van der Waals surface area contributed by atoms with E-state index in [1.54, 1.807) is 29.7 Å². The van der Waals surface area contributed by atoms with Crippen molar-refractivity contribution in [3.05, 3.63) is 46.3 Å². The average Bonchev–Trinajstić information content (AvgIpc) is 3.18. The standard InChI is InChI=1S/C15H16N2O2S2/c18-15(17-9-13-2-1-6-21-13)11-3-5-16-14(8-11)19-12-4-7-20-10-12/h1-3,5-6,8,12H,4,7,9-10H2,(H,17,18). The smallest absolute Gasteiger partial charge is 0.251 e. The third kappa shape index (κ3) is 3.98. The second kappa shape index (κ2) is 6.95. The molecule has 3 rings (SSSR count). The van der Waals surface area contributed by atoms with Gasteiger partial charge in [0.05, 0.1) is 6.54 Å². The molecule has 1 fully saturated rings. The van der Waals surface area contributed by atoms with Crippen LogP contribution in [0.2, 0.25) is 0 Å². The minimum atomic E-state index is -0.101. The largest absolute Gasteiger partial charge is 0.473 e. The van der Waals surface area contributed by atoms with Gasteiger partial charge in [-0.3, -0.25) is 4.79 Å². The molecule has 3 heterocycles. The number of hydrogen-bond donors (Lipinski definition) is 1.